The fourth-order valence-corrected chi connectivity index (χ4v) is 9.82. The molecular weight excluding hydrogens is 1000 g/mol. The molecule has 329 valence electrons. The van der Waals surface area contributed by atoms with E-state index in [0.717, 1.165) is 55.0 Å². The van der Waals surface area contributed by atoms with Gasteiger partial charge in [-0.25, -0.2) is 0 Å². The zero-order valence-corrected chi connectivity index (χ0v) is 41.6. The van der Waals surface area contributed by atoms with Crippen LogP contribution in [0.3, 0.4) is 0 Å². The number of benzene rings is 8. The first kappa shape index (κ1) is 41.0. The van der Waals surface area contributed by atoms with E-state index in [2.05, 4.69) is 153 Å². The van der Waals surface area contributed by atoms with Gasteiger partial charge in [-0.05, 0) is 97.2 Å². The molecule has 66 heavy (non-hydrogen) atoms. The molecule has 8 aromatic carbocycles. The van der Waals surface area contributed by atoms with E-state index in [0.29, 0.717) is 27.9 Å². The van der Waals surface area contributed by atoms with Gasteiger partial charge in [0.05, 0.1) is 36.3 Å². The molecule has 0 aliphatic rings. The largest absolute Gasteiger partial charge is 0.501 e. The maximum atomic E-state index is 8.57. The van der Waals surface area contributed by atoms with Crippen molar-refractivity contribution < 1.29 is 28.6 Å². The Balaban J connectivity index is 0.000000296. The molecule has 0 unspecified atom stereocenters. The number of aryl methyl sites for hydroxylation is 1. The Kier molecular flexibility index (Phi) is 11.2. The predicted octanol–water partition coefficient (Wildman–Crippen LogP) is 15.4. The van der Waals surface area contributed by atoms with Gasteiger partial charge in [0.2, 0.25) is 0 Å². The summed E-state index contributed by atoms with van der Waals surface area (Å²) in [6.45, 7) is 13.4. The third kappa shape index (κ3) is 8.21. The van der Waals surface area contributed by atoms with Crippen molar-refractivity contribution in [2.24, 2.45) is 0 Å². The molecule has 3 heterocycles. The van der Waals surface area contributed by atoms with Crippen LogP contribution >= 0.6 is 0 Å². The molecule has 3 aromatic heterocycles. The van der Waals surface area contributed by atoms with E-state index in [1.54, 1.807) is 6.07 Å². The number of fused-ring (bicyclic) bond motifs is 7. The first-order valence-corrected chi connectivity index (χ1v) is 25.9. The molecule has 11 aromatic rings. The topological polar surface area (TPSA) is 56.7 Å². The third-order valence-electron chi connectivity index (χ3n) is 12.4. The monoisotopic (exact) mass is 1060 g/mol. The normalized spacial score (nSPS) is 12.7. The Labute approximate surface area is 406 Å². The molecule has 11 rings (SSSR count). The Morgan fingerprint density at radius 2 is 1.35 bits per heavy atom. The van der Waals surface area contributed by atoms with Crippen LogP contribution < -0.4 is 5.19 Å². The van der Waals surface area contributed by atoms with Crippen LogP contribution in [0.15, 0.2) is 162 Å². The van der Waals surface area contributed by atoms with E-state index in [1.165, 1.54) is 27.4 Å². The van der Waals surface area contributed by atoms with Gasteiger partial charge in [0.1, 0.15) is 5.58 Å². The standard InChI is InChI=1S/C46H37N2O.C13H15N2Si.Ir/c1-27(2)36-24-33(30-13-7-6-8-14-30)25-37(28(3)4)44(36)48-41-18-12-11-17-40(41)47-46(48)35-22-19-29(5)43-39-23-32-21-20-31-15-9-10-16-34(31)38(32)26-42(39)49-45(35)43;1-16(2,3)12-9-14-13(15-10-12)11-7-5-4-6-8-11;/h6-21,23-28H,1-5H3;4-7,9-10H,1-3H3;/q2*-1;/i5D3;;. The van der Waals surface area contributed by atoms with Gasteiger partial charge in [0.25, 0.3) is 0 Å². The molecule has 0 amide bonds. The van der Waals surface area contributed by atoms with Crippen LogP contribution in [0.2, 0.25) is 19.6 Å². The van der Waals surface area contributed by atoms with E-state index in [9.17, 15) is 0 Å². The van der Waals surface area contributed by atoms with Crippen molar-refractivity contribution >= 4 is 67.8 Å². The number of para-hydroxylation sites is 2. The molecular formula is C59H52IrN4OSi-2. The van der Waals surface area contributed by atoms with Crippen molar-refractivity contribution in [3.05, 3.63) is 187 Å². The minimum atomic E-state index is -2.38. The van der Waals surface area contributed by atoms with Crippen LogP contribution in [0, 0.1) is 19.0 Å². The van der Waals surface area contributed by atoms with Crippen molar-refractivity contribution in [3.8, 4) is 39.6 Å². The van der Waals surface area contributed by atoms with Gasteiger partial charge >= 0.3 is 0 Å². The minimum absolute atomic E-state index is 0. The summed E-state index contributed by atoms with van der Waals surface area (Å²) in [4.78, 5) is 14.1. The Bertz CT molecular complexity index is 3620. The fraction of sp³-hybridized carbons (Fsp3) is 0.169. The van der Waals surface area contributed by atoms with E-state index in [1.807, 2.05) is 73.1 Å². The maximum absolute atomic E-state index is 8.57. The van der Waals surface area contributed by atoms with E-state index < -0.39 is 14.9 Å². The Hall–Kier alpha value is -6.50. The maximum Gasteiger partial charge on any atom is 0.121 e. The van der Waals surface area contributed by atoms with Crippen LogP contribution in [0.25, 0.3) is 94.1 Å². The van der Waals surface area contributed by atoms with Crippen molar-refractivity contribution in [1.82, 2.24) is 19.5 Å². The molecule has 0 spiro atoms. The van der Waals surface area contributed by atoms with Gasteiger partial charge in [0, 0.05) is 47.7 Å². The van der Waals surface area contributed by atoms with E-state index in [-0.39, 0.29) is 37.5 Å². The summed E-state index contributed by atoms with van der Waals surface area (Å²) in [6.07, 6.45) is 3.91. The number of furan rings is 1. The average molecular weight is 1060 g/mol. The number of rotatable bonds is 7. The van der Waals surface area contributed by atoms with Crippen LogP contribution in [0.4, 0.5) is 0 Å². The molecule has 0 saturated heterocycles. The summed E-state index contributed by atoms with van der Waals surface area (Å²) in [7, 11) is -1.29. The first-order chi connectivity index (χ1) is 32.7. The van der Waals surface area contributed by atoms with Gasteiger partial charge in [-0.15, -0.1) is 53.6 Å². The first-order valence-electron chi connectivity index (χ1n) is 23.9. The molecule has 0 bridgehead atoms. The molecule has 0 saturated carbocycles. The van der Waals surface area contributed by atoms with Gasteiger partial charge in [-0.3, -0.25) is 15.0 Å². The zero-order chi connectivity index (χ0) is 47.5. The smallest absolute Gasteiger partial charge is 0.121 e. The van der Waals surface area contributed by atoms with Crippen LogP contribution in [0.1, 0.15) is 60.3 Å². The van der Waals surface area contributed by atoms with Crippen LogP contribution in [0.5, 0.6) is 0 Å². The molecule has 1 radical (unpaired) electrons. The van der Waals surface area contributed by atoms with E-state index in [4.69, 9.17) is 13.5 Å². The Morgan fingerprint density at radius 3 is 2.05 bits per heavy atom. The van der Waals surface area contributed by atoms with Crippen molar-refractivity contribution in [2.75, 3.05) is 0 Å². The van der Waals surface area contributed by atoms with Gasteiger partial charge in [0.15, 0.2) is 0 Å². The summed E-state index contributed by atoms with van der Waals surface area (Å²) in [5.74, 6) is 1.80. The van der Waals surface area contributed by atoms with Gasteiger partial charge in [-0.1, -0.05) is 144 Å². The third-order valence-corrected chi connectivity index (χ3v) is 14.4. The van der Waals surface area contributed by atoms with Crippen molar-refractivity contribution in [1.29, 1.82) is 0 Å². The quantitative estimate of drug-likeness (QED) is 0.0907. The fourth-order valence-electron chi connectivity index (χ4n) is 8.91. The summed E-state index contributed by atoms with van der Waals surface area (Å²) in [5, 5.41) is 6.95. The zero-order valence-electron chi connectivity index (χ0n) is 41.2. The van der Waals surface area contributed by atoms with Gasteiger partial charge < -0.3 is 8.98 Å². The minimum Gasteiger partial charge on any atom is -0.501 e. The second kappa shape index (κ2) is 18.1. The second-order valence-electron chi connectivity index (χ2n) is 18.5. The van der Waals surface area contributed by atoms with Gasteiger partial charge in [-0.2, -0.15) is 0 Å². The number of imidazole rings is 1. The average Bonchev–Trinajstić information content (AvgIpc) is 3.91. The van der Waals surface area contributed by atoms with E-state index >= 15 is 0 Å². The van der Waals surface area contributed by atoms with Crippen molar-refractivity contribution in [2.45, 2.75) is 66.0 Å². The summed E-state index contributed by atoms with van der Waals surface area (Å²) in [5.41, 5.74) is 10.5. The molecule has 0 aliphatic heterocycles. The van der Waals surface area contributed by atoms with Crippen LogP contribution in [-0.2, 0) is 20.1 Å². The number of nitrogens with zero attached hydrogens (tertiary/aromatic N) is 4. The Morgan fingerprint density at radius 1 is 0.667 bits per heavy atom. The molecule has 7 heteroatoms. The second-order valence-corrected chi connectivity index (χ2v) is 23.6. The SMILES string of the molecule is C[Si](C)(C)c1cnc(-c2[c-]cccc2)nc1.[2H]C([2H])([2H])c1c[c-]c(-c2nc3ccccc3n2-c2c(C(C)C)cc(-c3ccccc3)cc2C(C)C)c2oc3cc4c(ccc5ccccc54)cc3c12.[Ir]. The van der Waals surface area contributed by atoms with Crippen LogP contribution in [-0.4, -0.2) is 27.6 Å². The summed E-state index contributed by atoms with van der Waals surface area (Å²) in [6, 6.07) is 55.9. The molecule has 0 atom stereocenters. The molecule has 0 N–H and O–H groups in total. The number of hydrogen-bond donors (Lipinski definition) is 0. The molecule has 0 fully saturated rings. The summed E-state index contributed by atoms with van der Waals surface area (Å²) >= 11 is 0. The molecule has 5 nitrogen and oxygen atoms in total. The van der Waals surface area contributed by atoms with Crippen molar-refractivity contribution in [3.63, 3.8) is 0 Å². The number of aromatic nitrogens is 4. The predicted molar refractivity (Wildman–Crippen MR) is 275 cm³/mol. The summed E-state index contributed by atoms with van der Waals surface area (Å²) < 4.78 is 34.8. The number of hydrogen-bond acceptors (Lipinski definition) is 4. The molecule has 0 aliphatic carbocycles.